The second kappa shape index (κ2) is 10.6. The first-order valence-corrected chi connectivity index (χ1v) is 10.6. The monoisotopic (exact) mass is 428 g/mol. The number of hydrogen-bond acceptors (Lipinski definition) is 4. The van der Waals surface area contributed by atoms with E-state index in [1.54, 1.807) is 6.07 Å². The quantitative estimate of drug-likeness (QED) is 0.693. The molecule has 2 aromatic carbocycles. The Kier molecular flexibility index (Phi) is 7.85. The molecule has 0 unspecified atom stereocenters. The lowest BCUT2D eigenvalue weighted by Gasteiger charge is -2.38. The van der Waals surface area contributed by atoms with Crippen molar-refractivity contribution in [1.82, 2.24) is 20.4 Å². The van der Waals surface area contributed by atoms with Crippen molar-refractivity contribution in [2.24, 2.45) is 0 Å². The highest BCUT2D eigenvalue weighted by Gasteiger charge is 2.25. The highest BCUT2D eigenvalue weighted by molar-refractivity contribution is 6.35. The third kappa shape index (κ3) is 6.05. The molecule has 2 N–H and O–H groups in total. The average molecular weight is 429 g/mol. The van der Waals surface area contributed by atoms with Gasteiger partial charge in [-0.15, -0.1) is 0 Å². The molecule has 0 bridgehead atoms. The van der Waals surface area contributed by atoms with Crippen molar-refractivity contribution in [3.05, 3.63) is 70.2 Å². The molecule has 0 radical (unpaired) electrons. The number of nitrogens with zero attached hydrogens (tertiary/aromatic N) is 2. The maximum atomic E-state index is 12.4. The van der Waals surface area contributed by atoms with Crippen molar-refractivity contribution in [2.75, 3.05) is 39.8 Å². The van der Waals surface area contributed by atoms with Crippen LogP contribution < -0.4 is 10.6 Å². The first-order valence-electron chi connectivity index (χ1n) is 10.2. The summed E-state index contributed by atoms with van der Waals surface area (Å²) in [4.78, 5) is 29.3. The van der Waals surface area contributed by atoms with Crippen LogP contribution in [0.5, 0.6) is 0 Å². The van der Waals surface area contributed by atoms with E-state index >= 15 is 0 Å². The molecule has 0 saturated carbocycles. The number of likely N-dealkylation sites (N-methyl/N-ethyl adjacent to an activating group) is 1. The lowest BCUT2D eigenvalue weighted by atomic mass is 10.0. The first kappa shape index (κ1) is 22.3. The highest BCUT2D eigenvalue weighted by Crippen LogP contribution is 2.22. The van der Waals surface area contributed by atoms with Gasteiger partial charge >= 0.3 is 11.8 Å². The Morgan fingerprint density at radius 2 is 1.60 bits per heavy atom. The summed E-state index contributed by atoms with van der Waals surface area (Å²) in [6, 6.07) is 15.6. The van der Waals surface area contributed by atoms with E-state index in [1.807, 2.05) is 18.2 Å². The van der Waals surface area contributed by atoms with Crippen molar-refractivity contribution in [1.29, 1.82) is 0 Å². The number of carbonyl (C=O) groups is 2. The van der Waals surface area contributed by atoms with E-state index in [2.05, 4.69) is 58.7 Å². The molecule has 1 heterocycles. The molecular weight excluding hydrogens is 400 g/mol. The van der Waals surface area contributed by atoms with E-state index in [1.165, 1.54) is 5.56 Å². The molecule has 1 fully saturated rings. The molecular formula is C23H29ClN4O2. The third-order valence-electron chi connectivity index (χ3n) is 5.50. The summed E-state index contributed by atoms with van der Waals surface area (Å²) in [5.41, 5.74) is 3.11. The Balaban J connectivity index is 1.59. The summed E-state index contributed by atoms with van der Waals surface area (Å²) in [6.07, 6.45) is 0. The van der Waals surface area contributed by atoms with Gasteiger partial charge in [0.1, 0.15) is 0 Å². The van der Waals surface area contributed by atoms with E-state index < -0.39 is 11.8 Å². The van der Waals surface area contributed by atoms with Gasteiger partial charge < -0.3 is 15.5 Å². The average Bonchev–Trinajstić information content (AvgIpc) is 2.75. The molecule has 30 heavy (non-hydrogen) atoms. The zero-order valence-electron chi connectivity index (χ0n) is 17.5. The SMILES string of the molecule is Cc1ccc([C@@H](CNC(=O)C(=O)NCc2ccccc2Cl)N2CCN(C)CC2)cc1. The first-order chi connectivity index (χ1) is 14.4. The predicted molar refractivity (Wildman–Crippen MR) is 119 cm³/mol. The van der Waals surface area contributed by atoms with Crippen LogP contribution in [0.4, 0.5) is 0 Å². The van der Waals surface area contributed by atoms with Crippen LogP contribution in [0.3, 0.4) is 0 Å². The number of piperazine rings is 1. The number of benzene rings is 2. The van der Waals surface area contributed by atoms with Crippen molar-refractivity contribution in [3.8, 4) is 0 Å². The second-order valence-electron chi connectivity index (χ2n) is 7.75. The Morgan fingerprint density at radius 3 is 2.27 bits per heavy atom. The zero-order chi connectivity index (χ0) is 21.5. The molecule has 0 aliphatic carbocycles. The molecule has 1 aliphatic heterocycles. The third-order valence-corrected chi connectivity index (χ3v) is 5.87. The van der Waals surface area contributed by atoms with Crippen molar-refractivity contribution in [3.63, 3.8) is 0 Å². The van der Waals surface area contributed by atoms with Gasteiger partial charge in [-0.05, 0) is 31.2 Å². The van der Waals surface area contributed by atoms with Gasteiger partial charge in [0, 0.05) is 44.3 Å². The summed E-state index contributed by atoms with van der Waals surface area (Å²) in [7, 11) is 2.11. The molecule has 160 valence electrons. The fourth-order valence-corrected chi connectivity index (χ4v) is 3.75. The molecule has 1 saturated heterocycles. The van der Waals surface area contributed by atoms with Crippen LogP contribution in [0.2, 0.25) is 5.02 Å². The smallest absolute Gasteiger partial charge is 0.309 e. The zero-order valence-corrected chi connectivity index (χ0v) is 18.3. The van der Waals surface area contributed by atoms with Gasteiger partial charge in [0.15, 0.2) is 0 Å². The molecule has 1 atom stereocenters. The number of amides is 2. The summed E-state index contributed by atoms with van der Waals surface area (Å²) in [5, 5.41) is 6.02. The van der Waals surface area contributed by atoms with Crippen LogP contribution in [0.1, 0.15) is 22.7 Å². The predicted octanol–water partition coefficient (Wildman–Crippen LogP) is 2.37. The molecule has 3 rings (SSSR count). The largest absolute Gasteiger partial charge is 0.346 e. The molecule has 2 aromatic rings. The van der Waals surface area contributed by atoms with Gasteiger partial charge in [0.05, 0.1) is 6.04 Å². The van der Waals surface area contributed by atoms with Gasteiger partial charge in [-0.2, -0.15) is 0 Å². The second-order valence-corrected chi connectivity index (χ2v) is 8.16. The Hall–Kier alpha value is -2.41. The molecule has 7 heteroatoms. The van der Waals surface area contributed by atoms with E-state index in [-0.39, 0.29) is 12.6 Å². The lowest BCUT2D eigenvalue weighted by Crippen LogP contribution is -2.49. The normalized spacial score (nSPS) is 16.1. The number of halogens is 1. The fourth-order valence-electron chi connectivity index (χ4n) is 3.55. The molecule has 6 nitrogen and oxygen atoms in total. The van der Waals surface area contributed by atoms with Crippen LogP contribution in [-0.4, -0.2) is 61.4 Å². The molecule has 2 amide bonds. The Morgan fingerprint density at radius 1 is 0.967 bits per heavy atom. The van der Waals surface area contributed by atoms with Gasteiger partial charge in [-0.3, -0.25) is 14.5 Å². The van der Waals surface area contributed by atoms with Crippen LogP contribution >= 0.6 is 11.6 Å². The Bertz CT molecular complexity index is 864. The number of rotatable bonds is 6. The minimum absolute atomic E-state index is 0.0274. The number of carbonyl (C=O) groups excluding carboxylic acids is 2. The minimum atomic E-state index is -0.657. The van der Waals surface area contributed by atoms with Crippen LogP contribution in [-0.2, 0) is 16.1 Å². The van der Waals surface area contributed by atoms with Crippen LogP contribution in [0.25, 0.3) is 0 Å². The summed E-state index contributed by atoms with van der Waals surface area (Å²) < 4.78 is 0. The number of hydrogen-bond donors (Lipinski definition) is 2. The maximum Gasteiger partial charge on any atom is 0.309 e. The summed E-state index contributed by atoms with van der Waals surface area (Å²) >= 11 is 6.10. The topological polar surface area (TPSA) is 64.7 Å². The molecule has 0 aromatic heterocycles. The lowest BCUT2D eigenvalue weighted by molar-refractivity contribution is -0.139. The van der Waals surface area contributed by atoms with Gasteiger partial charge in [0.25, 0.3) is 0 Å². The van der Waals surface area contributed by atoms with E-state index in [4.69, 9.17) is 11.6 Å². The highest BCUT2D eigenvalue weighted by atomic mass is 35.5. The van der Waals surface area contributed by atoms with Gasteiger partial charge in [-0.25, -0.2) is 0 Å². The Labute approximate surface area is 183 Å². The summed E-state index contributed by atoms with van der Waals surface area (Å²) in [6.45, 7) is 6.45. The standard InChI is InChI=1S/C23H29ClN4O2/c1-17-7-9-18(10-8-17)21(28-13-11-27(2)12-14-28)16-26-23(30)22(29)25-15-19-5-3-4-6-20(19)24/h3-10,21H,11-16H2,1-2H3,(H,25,29)(H,26,30)/t21-/m1/s1. The number of nitrogens with one attached hydrogen (secondary N) is 2. The van der Waals surface area contributed by atoms with E-state index in [0.717, 1.165) is 37.3 Å². The molecule has 0 spiro atoms. The number of aryl methyl sites for hydroxylation is 1. The minimum Gasteiger partial charge on any atom is -0.346 e. The van der Waals surface area contributed by atoms with Crippen molar-refractivity contribution in [2.45, 2.75) is 19.5 Å². The summed E-state index contributed by atoms with van der Waals surface area (Å²) in [5.74, 6) is -1.29. The van der Waals surface area contributed by atoms with Crippen LogP contribution in [0, 0.1) is 6.92 Å². The van der Waals surface area contributed by atoms with Crippen molar-refractivity contribution >= 4 is 23.4 Å². The van der Waals surface area contributed by atoms with Crippen molar-refractivity contribution < 1.29 is 9.59 Å². The molecule has 1 aliphatic rings. The van der Waals surface area contributed by atoms with E-state index in [0.29, 0.717) is 11.6 Å². The van der Waals surface area contributed by atoms with Gasteiger partial charge in [0.2, 0.25) is 0 Å². The van der Waals surface area contributed by atoms with E-state index in [9.17, 15) is 9.59 Å². The maximum absolute atomic E-state index is 12.4. The van der Waals surface area contributed by atoms with Crippen LogP contribution in [0.15, 0.2) is 48.5 Å². The fraction of sp³-hybridized carbons (Fsp3) is 0.391. The van der Waals surface area contributed by atoms with Gasteiger partial charge in [-0.1, -0.05) is 59.6 Å².